The summed E-state index contributed by atoms with van der Waals surface area (Å²) in [6.45, 7) is 4.25. The van der Waals surface area contributed by atoms with Gasteiger partial charge in [-0.3, -0.25) is 4.79 Å². The molecule has 0 radical (unpaired) electrons. The van der Waals surface area contributed by atoms with Crippen LogP contribution in [0.5, 0.6) is 11.5 Å². The quantitative estimate of drug-likeness (QED) is 0.934. The Morgan fingerprint density at radius 2 is 2.04 bits per heavy atom. The molecule has 1 heterocycles. The van der Waals surface area contributed by atoms with Crippen molar-refractivity contribution >= 4 is 12.0 Å². The van der Waals surface area contributed by atoms with Crippen LogP contribution in [0, 0.1) is 6.92 Å². The molecule has 0 aromatic heterocycles. The van der Waals surface area contributed by atoms with E-state index >= 15 is 0 Å². The summed E-state index contributed by atoms with van der Waals surface area (Å²) in [7, 11) is 1.64. The third-order valence-corrected chi connectivity index (χ3v) is 4.12. The molecule has 2 aromatic carbocycles. The number of ether oxygens (including phenoxy) is 2. The predicted molar refractivity (Wildman–Crippen MR) is 94.2 cm³/mol. The van der Waals surface area contributed by atoms with E-state index < -0.39 is 0 Å². The molecule has 1 N–H and O–H groups in total. The van der Waals surface area contributed by atoms with Gasteiger partial charge in [0.05, 0.1) is 18.7 Å². The second-order valence-corrected chi connectivity index (χ2v) is 5.94. The Bertz CT molecular complexity index is 795. The molecule has 1 amide bonds. The molecular weight excluding hydrogens is 302 g/mol. The molecule has 0 spiro atoms. The van der Waals surface area contributed by atoms with Gasteiger partial charge in [-0.1, -0.05) is 35.9 Å². The van der Waals surface area contributed by atoms with E-state index in [9.17, 15) is 4.79 Å². The fourth-order valence-electron chi connectivity index (χ4n) is 2.81. The molecule has 24 heavy (non-hydrogen) atoms. The zero-order valence-electron chi connectivity index (χ0n) is 14.1. The minimum absolute atomic E-state index is 0.124. The molecule has 4 heteroatoms. The van der Waals surface area contributed by atoms with Crippen LogP contribution in [-0.4, -0.2) is 19.6 Å². The van der Waals surface area contributed by atoms with Gasteiger partial charge in [0.2, 0.25) is 0 Å². The van der Waals surface area contributed by atoms with Crippen molar-refractivity contribution in [1.29, 1.82) is 0 Å². The van der Waals surface area contributed by atoms with Crippen molar-refractivity contribution in [1.82, 2.24) is 5.32 Å². The van der Waals surface area contributed by atoms with Crippen molar-refractivity contribution in [3.8, 4) is 11.5 Å². The Hall–Kier alpha value is -2.75. The highest BCUT2D eigenvalue weighted by Gasteiger charge is 2.20. The number of aryl methyl sites for hydroxylation is 1. The van der Waals surface area contributed by atoms with E-state index in [2.05, 4.69) is 5.32 Å². The maximum Gasteiger partial charge on any atom is 0.251 e. The number of benzene rings is 2. The molecule has 2 aromatic rings. The van der Waals surface area contributed by atoms with Gasteiger partial charge in [-0.15, -0.1) is 0 Å². The molecule has 3 rings (SSSR count). The third kappa shape index (κ3) is 3.27. The number of nitrogens with one attached hydrogen (secondary N) is 1. The second-order valence-electron chi connectivity index (χ2n) is 5.94. The summed E-state index contributed by atoms with van der Waals surface area (Å²) in [4.78, 5) is 12.6. The summed E-state index contributed by atoms with van der Waals surface area (Å²) in [6, 6.07) is 13.5. The van der Waals surface area contributed by atoms with Gasteiger partial charge in [-0.2, -0.15) is 0 Å². The monoisotopic (exact) mass is 323 g/mol. The Labute approximate surface area is 142 Å². The minimum Gasteiger partial charge on any atom is -0.496 e. The van der Waals surface area contributed by atoms with E-state index in [1.54, 1.807) is 7.11 Å². The zero-order chi connectivity index (χ0) is 17.1. The maximum absolute atomic E-state index is 12.6. The molecule has 1 unspecified atom stereocenters. The van der Waals surface area contributed by atoms with Crippen LogP contribution in [0.2, 0.25) is 0 Å². The van der Waals surface area contributed by atoms with E-state index in [1.165, 1.54) is 0 Å². The van der Waals surface area contributed by atoms with Crippen molar-refractivity contribution in [3.63, 3.8) is 0 Å². The third-order valence-electron chi connectivity index (χ3n) is 4.12. The Kier molecular flexibility index (Phi) is 4.56. The molecule has 1 aliphatic heterocycles. The zero-order valence-corrected chi connectivity index (χ0v) is 14.1. The number of methoxy groups -OCH3 is 1. The van der Waals surface area contributed by atoms with Gasteiger partial charge >= 0.3 is 0 Å². The molecule has 0 aliphatic carbocycles. The first kappa shape index (κ1) is 16.1. The summed E-state index contributed by atoms with van der Waals surface area (Å²) < 4.78 is 11.1. The van der Waals surface area contributed by atoms with Gasteiger partial charge in [0, 0.05) is 11.1 Å². The van der Waals surface area contributed by atoms with Gasteiger partial charge < -0.3 is 14.8 Å². The van der Waals surface area contributed by atoms with Crippen LogP contribution in [0.15, 0.2) is 48.0 Å². The van der Waals surface area contributed by atoms with Crippen LogP contribution in [-0.2, 0) is 4.79 Å². The average Bonchev–Trinajstić information content (AvgIpc) is 2.61. The smallest absolute Gasteiger partial charge is 0.251 e. The summed E-state index contributed by atoms with van der Waals surface area (Å²) in [6.07, 6.45) is 1.88. The van der Waals surface area contributed by atoms with Gasteiger partial charge in [-0.05, 0) is 32.1 Å². The van der Waals surface area contributed by atoms with Crippen LogP contribution in [0.3, 0.4) is 0 Å². The summed E-state index contributed by atoms with van der Waals surface area (Å²) in [5.41, 5.74) is 3.63. The summed E-state index contributed by atoms with van der Waals surface area (Å²) >= 11 is 0. The predicted octanol–water partition coefficient (Wildman–Crippen LogP) is 3.66. The Morgan fingerprint density at radius 3 is 2.83 bits per heavy atom. The highest BCUT2D eigenvalue weighted by atomic mass is 16.5. The summed E-state index contributed by atoms with van der Waals surface area (Å²) in [5.74, 6) is 1.45. The van der Waals surface area contributed by atoms with Crippen LogP contribution < -0.4 is 14.8 Å². The van der Waals surface area contributed by atoms with Crippen molar-refractivity contribution < 1.29 is 14.3 Å². The first-order valence-electron chi connectivity index (χ1n) is 7.96. The molecule has 0 saturated carbocycles. The van der Waals surface area contributed by atoms with Crippen LogP contribution >= 0.6 is 0 Å². The van der Waals surface area contributed by atoms with E-state index in [4.69, 9.17) is 9.47 Å². The van der Waals surface area contributed by atoms with Gasteiger partial charge in [0.25, 0.3) is 5.91 Å². The molecule has 124 valence electrons. The van der Waals surface area contributed by atoms with E-state index in [-0.39, 0.29) is 18.6 Å². The largest absolute Gasteiger partial charge is 0.496 e. The van der Waals surface area contributed by atoms with Crippen molar-refractivity contribution in [2.24, 2.45) is 0 Å². The first-order chi connectivity index (χ1) is 11.6. The number of carbonyl (C=O) groups is 1. The van der Waals surface area contributed by atoms with Gasteiger partial charge in [0.1, 0.15) is 18.1 Å². The Morgan fingerprint density at radius 1 is 1.25 bits per heavy atom. The highest BCUT2D eigenvalue weighted by Crippen LogP contribution is 2.28. The number of para-hydroxylation sites is 1. The normalized spacial score (nSPS) is 14.0. The number of hydrogen-bond donors (Lipinski definition) is 1. The minimum atomic E-state index is -0.162. The molecular formula is C20H21NO3. The number of fused-ring (bicyclic) bond motifs is 1. The van der Waals surface area contributed by atoms with Crippen LogP contribution in [0.1, 0.15) is 29.7 Å². The molecule has 0 bridgehead atoms. The second kappa shape index (κ2) is 6.79. The van der Waals surface area contributed by atoms with Crippen molar-refractivity contribution in [2.45, 2.75) is 19.9 Å². The lowest BCUT2D eigenvalue weighted by atomic mass is 10.0. The molecule has 0 fully saturated rings. The fraction of sp³-hybridized carbons (Fsp3) is 0.250. The van der Waals surface area contributed by atoms with E-state index in [0.717, 1.165) is 28.2 Å². The van der Waals surface area contributed by atoms with Crippen molar-refractivity contribution in [2.75, 3.05) is 13.7 Å². The fourth-order valence-corrected chi connectivity index (χ4v) is 2.81. The lowest BCUT2D eigenvalue weighted by molar-refractivity contribution is -0.118. The van der Waals surface area contributed by atoms with Crippen LogP contribution in [0.25, 0.3) is 6.08 Å². The number of carbonyl (C=O) groups excluding carboxylic acids is 1. The van der Waals surface area contributed by atoms with Crippen molar-refractivity contribution in [3.05, 3.63) is 64.7 Å². The van der Waals surface area contributed by atoms with Gasteiger partial charge in [-0.25, -0.2) is 0 Å². The standard InChI is InChI=1S/C20H21NO3/c1-13-8-9-19(23-3)17(10-13)14(2)21-20(22)16-11-15-6-4-5-7-18(15)24-12-16/h4-11,14H,12H2,1-3H3,(H,21,22). The number of hydrogen-bond acceptors (Lipinski definition) is 3. The number of rotatable bonds is 4. The molecule has 1 aliphatic rings. The lowest BCUT2D eigenvalue weighted by Crippen LogP contribution is -2.31. The SMILES string of the molecule is COc1ccc(C)cc1C(C)NC(=O)C1=Cc2ccccc2OC1. The topological polar surface area (TPSA) is 47.6 Å². The average molecular weight is 323 g/mol. The van der Waals surface area contributed by atoms with E-state index in [0.29, 0.717) is 5.57 Å². The van der Waals surface area contributed by atoms with Crippen LogP contribution in [0.4, 0.5) is 0 Å². The van der Waals surface area contributed by atoms with E-state index in [1.807, 2.05) is 62.4 Å². The number of amides is 1. The lowest BCUT2D eigenvalue weighted by Gasteiger charge is -2.21. The maximum atomic E-state index is 12.6. The Balaban J connectivity index is 1.78. The molecule has 4 nitrogen and oxygen atoms in total. The first-order valence-corrected chi connectivity index (χ1v) is 7.96. The van der Waals surface area contributed by atoms with Gasteiger partial charge in [0.15, 0.2) is 0 Å². The molecule has 1 atom stereocenters. The molecule has 0 saturated heterocycles. The summed E-state index contributed by atoms with van der Waals surface area (Å²) in [5, 5.41) is 3.03. The highest BCUT2D eigenvalue weighted by molar-refractivity contribution is 5.99.